The van der Waals surface area contributed by atoms with Crippen molar-refractivity contribution in [1.29, 1.82) is 0 Å². The topological polar surface area (TPSA) is 159 Å². The van der Waals surface area contributed by atoms with Crippen LogP contribution < -0.4 is 5.19 Å². The van der Waals surface area contributed by atoms with Crippen LogP contribution in [0.3, 0.4) is 0 Å². The van der Waals surface area contributed by atoms with Crippen molar-refractivity contribution in [3.05, 3.63) is 29.8 Å². The summed E-state index contributed by atoms with van der Waals surface area (Å²) in [5.74, 6) is -0.450. The maximum Gasteiger partial charge on any atom is 0.515 e. The van der Waals surface area contributed by atoms with Gasteiger partial charge in [-0.15, -0.1) is 0 Å². The average Bonchev–Trinajstić information content (AvgIpc) is 4.21. The minimum absolute atomic E-state index is 0.00704. The first-order valence-corrected chi connectivity index (χ1v) is 42.9. The lowest BCUT2D eigenvalue weighted by Crippen LogP contribution is -2.91. The number of hydrogen-bond donors (Lipinski definition) is 0. The molecule has 7 heterocycles. The van der Waals surface area contributed by atoms with Gasteiger partial charge in [0.25, 0.3) is 0 Å². The van der Waals surface area contributed by atoms with Crippen molar-refractivity contribution in [1.82, 2.24) is 0 Å². The molecule has 24 heteroatoms. The van der Waals surface area contributed by atoms with Gasteiger partial charge in [0, 0.05) is 50.4 Å². The maximum atomic E-state index is 12.8. The lowest BCUT2D eigenvalue weighted by Gasteiger charge is -2.66. The van der Waals surface area contributed by atoms with E-state index in [1.54, 1.807) is 6.92 Å². The van der Waals surface area contributed by atoms with Crippen LogP contribution in [-0.4, -0.2) is 88.7 Å². The zero-order chi connectivity index (χ0) is 47.6. The van der Waals surface area contributed by atoms with Crippen molar-refractivity contribution in [2.24, 2.45) is 5.16 Å². The molecule has 71 heavy (non-hydrogen) atoms. The van der Waals surface area contributed by atoms with E-state index in [4.69, 9.17) is 59.0 Å². The van der Waals surface area contributed by atoms with E-state index in [0.29, 0.717) is 6.42 Å². The van der Waals surface area contributed by atoms with Crippen LogP contribution in [0.1, 0.15) is 205 Å². The van der Waals surface area contributed by atoms with E-state index < -0.39 is 82.5 Å². The fraction of sp³-hybridized carbons (Fsp3) is 0.830. The molecule has 8 bridgehead atoms. The molecule has 13 fully saturated rings. The molecule has 0 aromatic heterocycles. The van der Waals surface area contributed by atoms with Gasteiger partial charge in [0.2, 0.25) is 0 Å². The Labute approximate surface area is 428 Å². The first kappa shape index (κ1) is 48.8. The van der Waals surface area contributed by atoms with Gasteiger partial charge in [-0.05, 0) is 102 Å². The third-order valence-electron chi connectivity index (χ3n) is 19.2. The number of rotatable bonds is 11. The predicted octanol–water partition coefficient (Wildman–Crippen LogP) is 10.7. The molecular formula is C47H75NO15Si8. The number of carbonyl (C=O) groups is 1. The zero-order valence-corrected chi connectivity index (χ0v) is 49.7. The summed E-state index contributed by atoms with van der Waals surface area (Å²) in [5.41, 5.74) is 0.974. The quantitative estimate of drug-likeness (QED) is 0.152. The molecule has 0 spiro atoms. The molecule has 1 aromatic rings. The van der Waals surface area contributed by atoms with Gasteiger partial charge in [-0.3, -0.25) is 0 Å². The lowest BCUT2D eigenvalue weighted by molar-refractivity contribution is -0.135. The highest BCUT2D eigenvalue weighted by Gasteiger charge is 2.88. The summed E-state index contributed by atoms with van der Waals surface area (Å²) in [7, 11) is -32.9. The largest absolute Gasteiger partial charge is 0.515 e. The molecule has 0 N–H and O–H groups in total. The van der Waals surface area contributed by atoms with Gasteiger partial charge in [0.1, 0.15) is 0 Å². The Morgan fingerprint density at radius 2 is 0.704 bits per heavy atom. The van der Waals surface area contributed by atoms with Crippen LogP contribution in [0.4, 0.5) is 0 Å². The van der Waals surface area contributed by atoms with Crippen molar-refractivity contribution in [3.8, 4) is 0 Å². The highest BCUT2D eigenvalue weighted by Crippen LogP contribution is 2.66. The number of carbonyl (C=O) groups excluding carboxylic acids is 1. The molecule has 0 amide bonds. The summed E-state index contributed by atoms with van der Waals surface area (Å²) >= 11 is 0. The van der Waals surface area contributed by atoms with Gasteiger partial charge in [0.05, 0.1) is 6.61 Å². The van der Waals surface area contributed by atoms with Crippen LogP contribution in [0.5, 0.6) is 0 Å². The molecule has 1 aromatic carbocycles. The predicted molar refractivity (Wildman–Crippen MR) is 273 cm³/mol. The van der Waals surface area contributed by atoms with Gasteiger partial charge < -0.3 is 59.0 Å². The van der Waals surface area contributed by atoms with Crippen molar-refractivity contribution in [3.63, 3.8) is 0 Å². The van der Waals surface area contributed by atoms with Crippen LogP contribution in [0.15, 0.2) is 29.4 Å². The van der Waals surface area contributed by atoms with Crippen molar-refractivity contribution < 1.29 is 63.8 Å². The van der Waals surface area contributed by atoms with Gasteiger partial charge in [0.15, 0.2) is 11.8 Å². The Morgan fingerprint density at radius 1 is 0.437 bits per heavy atom. The third-order valence-corrected chi connectivity index (χ3v) is 58.4. The monoisotopic (exact) mass is 1120 g/mol. The number of ether oxygens (including phenoxy) is 1. The van der Waals surface area contributed by atoms with Gasteiger partial charge >= 0.3 is 76.4 Å². The summed E-state index contributed by atoms with van der Waals surface area (Å²) in [4.78, 5) is 18.7. The standard InChI is InChI=1S/C47H75NO15Si8/c1-2-50-47(49)45-35-46(51-48-45)36-31-33-44(34-32-36)71-61-68(41-25-11-12-26-41)55-65(38-19-5-6-20-38)52-64(37-17-3-4-18-37)53-66(57-68,39-21-7-8-22-39)59-70(63-71,43-29-15-16-30-43)60-67(54-64,40-23-9-10-24-40)58-69(56-65,62-71)42-27-13-14-28-42/h31-34,37-43,46H,2-30,35H2,1H3. The molecule has 1 unspecified atom stereocenters. The maximum absolute atomic E-state index is 12.8. The summed E-state index contributed by atoms with van der Waals surface area (Å²) in [6, 6.07) is 8.31. The number of nitrogens with zero attached hydrogens (tertiary/aromatic N) is 1. The lowest BCUT2D eigenvalue weighted by atomic mass is 10.0. The van der Waals surface area contributed by atoms with E-state index in [1.165, 1.54) is 0 Å². The molecule has 6 saturated heterocycles. The van der Waals surface area contributed by atoms with Crippen LogP contribution in [0.25, 0.3) is 0 Å². The molecular weight excluding hydrogens is 1040 g/mol. The number of hydrogen-bond acceptors (Lipinski definition) is 16. The Balaban J connectivity index is 1.04. The minimum Gasteiger partial charge on any atom is -0.461 e. The number of esters is 1. The minimum atomic E-state index is -4.41. The molecule has 16 nitrogen and oxygen atoms in total. The van der Waals surface area contributed by atoms with E-state index in [9.17, 15) is 4.79 Å². The van der Waals surface area contributed by atoms with E-state index in [-0.39, 0.29) is 51.1 Å². The molecule has 7 aliphatic heterocycles. The zero-order valence-electron chi connectivity index (χ0n) is 41.7. The van der Waals surface area contributed by atoms with Crippen molar-refractivity contribution in [2.45, 2.75) is 238 Å². The highest BCUT2D eigenvalue weighted by atomic mass is 28.6. The fourth-order valence-corrected chi connectivity index (χ4v) is 71.1. The Bertz CT molecular complexity index is 2010. The van der Waals surface area contributed by atoms with Gasteiger partial charge in [-0.1, -0.05) is 119 Å². The van der Waals surface area contributed by atoms with Crippen LogP contribution >= 0.6 is 0 Å². The summed E-state index contributed by atoms with van der Waals surface area (Å²) in [6.45, 7) is 2.07. The van der Waals surface area contributed by atoms with Gasteiger partial charge in [-0.2, -0.15) is 0 Å². The average molecular weight is 1120 g/mol. The summed E-state index contributed by atoms with van der Waals surface area (Å²) < 4.78 is 108. The second kappa shape index (κ2) is 18.5. The molecule has 0 radical (unpaired) electrons. The second-order valence-corrected chi connectivity index (χ2v) is 49.2. The van der Waals surface area contributed by atoms with E-state index in [0.717, 1.165) is 191 Å². The normalized spacial score (nSPS) is 44.9. The van der Waals surface area contributed by atoms with E-state index in [1.807, 2.05) is 0 Å². The van der Waals surface area contributed by atoms with E-state index in [2.05, 4.69) is 29.4 Å². The van der Waals surface area contributed by atoms with Crippen molar-refractivity contribution in [2.75, 3.05) is 6.61 Å². The first-order valence-electron chi connectivity index (χ1n) is 28.6. The Morgan fingerprint density at radius 3 is 0.972 bits per heavy atom. The Kier molecular flexibility index (Phi) is 12.7. The van der Waals surface area contributed by atoms with Crippen LogP contribution in [0.2, 0.25) is 38.8 Å². The molecule has 7 aliphatic carbocycles. The molecule has 1 atom stereocenters. The molecule has 15 rings (SSSR count). The third kappa shape index (κ3) is 8.01. The summed E-state index contributed by atoms with van der Waals surface area (Å²) in [5, 5.41) is 4.96. The smallest absolute Gasteiger partial charge is 0.461 e. The Hall–Kier alpha value is -0.585. The molecule has 390 valence electrons. The van der Waals surface area contributed by atoms with Gasteiger partial charge in [-0.25, -0.2) is 4.79 Å². The van der Waals surface area contributed by atoms with Crippen molar-refractivity contribution >= 4 is 87.3 Å². The van der Waals surface area contributed by atoms with Crippen LogP contribution in [0, 0.1) is 0 Å². The number of benzene rings is 1. The van der Waals surface area contributed by atoms with E-state index >= 15 is 0 Å². The second-order valence-electron chi connectivity index (χ2n) is 23.6. The SMILES string of the molecule is CCOC(=O)C1=NOC(c2ccc([Si]34O[Si]5(C6CCCC6)O[Si]6(C7CCCC7)O[Si](C7CCCC7)(O3)O[Si]3(C7CCCC7)O[Si](C7CCCC7)(O4)O[Si](C4CCCC4)(O5)O[Si](C4CCCC4)(O6)O3)cc2)C1. The first-order chi connectivity index (χ1) is 34.6. The number of oxime groups is 1. The fourth-order valence-electron chi connectivity index (χ4n) is 15.5. The summed E-state index contributed by atoms with van der Waals surface area (Å²) in [6.07, 6.45) is 27.6. The molecule has 7 saturated carbocycles. The molecule has 14 aliphatic rings. The van der Waals surface area contributed by atoms with Crippen LogP contribution in [-0.2, 0) is 63.8 Å². The highest BCUT2D eigenvalue weighted by molar-refractivity contribution is 7.06.